The molecule has 1 aromatic heterocycles. The molecule has 1 atom stereocenters. The molecule has 1 aliphatic heterocycles. The van der Waals surface area contributed by atoms with Crippen molar-refractivity contribution in [1.82, 2.24) is 14.9 Å². The van der Waals surface area contributed by atoms with Crippen LogP contribution in [0.5, 0.6) is 0 Å². The van der Waals surface area contributed by atoms with Gasteiger partial charge in [-0.3, -0.25) is 4.79 Å². The first kappa shape index (κ1) is 14.9. The molecule has 1 aliphatic rings. The van der Waals surface area contributed by atoms with Gasteiger partial charge in [-0.1, -0.05) is 19.8 Å². The molecule has 1 saturated heterocycles. The summed E-state index contributed by atoms with van der Waals surface area (Å²) in [5.74, 6) is 0.0719. The highest BCUT2D eigenvalue weighted by Crippen LogP contribution is 2.30. The Kier molecular flexibility index (Phi) is 5.92. The molecule has 0 bridgehead atoms. The second-order valence-electron chi connectivity index (χ2n) is 5.14. The largest absolute Gasteiger partial charge is 0.372 e. The van der Waals surface area contributed by atoms with Crippen LogP contribution in [0.15, 0.2) is 18.6 Å². The molecule has 5 nitrogen and oxygen atoms in total. The number of unbranched alkanes of at least 4 members (excludes halogenated alkanes) is 2. The number of hydrogen-bond donors (Lipinski definition) is 0. The van der Waals surface area contributed by atoms with Gasteiger partial charge in [0.15, 0.2) is 0 Å². The lowest BCUT2D eigenvalue weighted by Crippen LogP contribution is -2.34. The lowest BCUT2D eigenvalue weighted by Gasteiger charge is -2.24. The molecule has 0 spiro atoms. The third-order valence-corrected chi connectivity index (χ3v) is 3.64. The summed E-state index contributed by atoms with van der Waals surface area (Å²) in [4.78, 5) is 22.3. The Hall–Kier alpha value is -1.49. The predicted octanol–water partition coefficient (Wildman–Crippen LogP) is 2.35. The topological polar surface area (TPSA) is 55.3 Å². The van der Waals surface area contributed by atoms with Gasteiger partial charge >= 0.3 is 0 Å². The van der Waals surface area contributed by atoms with Crippen molar-refractivity contribution in [3.05, 3.63) is 24.3 Å². The summed E-state index contributed by atoms with van der Waals surface area (Å²) in [6, 6.07) is 1.97. The number of carbonyl (C=O) groups excluding carboxylic acids is 1. The molecule has 2 rings (SSSR count). The van der Waals surface area contributed by atoms with Crippen molar-refractivity contribution in [2.75, 3.05) is 19.8 Å². The second kappa shape index (κ2) is 7.94. The van der Waals surface area contributed by atoms with Crippen LogP contribution in [0, 0.1) is 0 Å². The zero-order valence-electron chi connectivity index (χ0n) is 12.1. The van der Waals surface area contributed by atoms with Crippen LogP contribution >= 0.6 is 0 Å². The van der Waals surface area contributed by atoms with E-state index in [4.69, 9.17) is 4.74 Å². The van der Waals surface area contributed by atoms with E-state index in [1.165, 1.54) is 12.7 Å². The normalized spacial score (nSPS) is 18.4. The Bertz CT molecular complexity index is 411. The lowest BCUT2D eigenvalue weighted by molar-refractivity contribution is -0.137. The van der Waals surface area contributed by atoms with Gasteiger partial charge in [-0.15, -0.1) is 0 Å². The zero-order valence-corrected chi connectivity index (χ0v) is 12.1. The highest BCUT2D eigenvalue weighted by Gasteiger charge is 2.30. The SMILES string of the molecule is CCCCCOCC(=O)N1CCCC1c1ccncn1. The smallest absolute Gasteiger partial charge is 0.249 e. The summed E-state index contributed by atoms with van der Waals surface area (Å²) < 4.78 is 5.47. The van der Waals surface area contributed by atoms with E-state index in [0.717, 1.165) is 37.9 Å². The van der Waals surface area contributed by atoms with Crippen LogP contribution in [0.25, 0.3) is 0 Å². The maximum absolute atomic E-state index is 12.2. The third-order valence-electron chi connectivity index (χ3n) is 3.64. The van der Waals surface area contributed by atoms with Crippen molar-refractivity contribution >= 4 is 5.91 Å². The Balaban J connectivity index is 1.83. The zero-order chi connectivity index (χ0) is 14.2. The van der Waals surface area contributed by atoms with Crippen LogP contribution in [0.4, 0.5) is 0 Å². The van der Waals surface area contributed by atoms with Crippen LogP contribution in [0.2, 0.25) is 0 Å². The van der Waals surface area contributed by atoms with Crippen molar-refractivity contribution in [3.63, 3.8) is 0 Å². The number of carbonyl (C=O) groups is 1. The number of rotatable bonds is 7. The summed E-state index contributed by atoms with van der Waals surface area (Å²) in [5.41, 5.74) is 0.928. The van der Waals surface area contributed by atoms with Crippen LogP contribution in [0.1, 0.15) is 50.8 Å². The van der Waals surface area contributed by atoms with Gasteiger partial charge in [0, 0.05) is 19.3 Å². The van der Waals surface area contributed by atoms with Crippen LogP contribution in [-0.4, -0.2) is 40.5 Å². The van der Waals surface area contributed by atoms with E-state index in [2.05, 4.69) is 16.9 Å². The molecule has 1 aromatic rings. The van der Waals surface area contributed by atoms with Gasteiger partial charge in [0.2, 0.25) is 5.91 Å². The molecular weight excluding hydrogens is 254 g/mol. The molecule has 0 radical (unpaired) electrons. The standard InChI is InChI=1S/C15H23N3O2/c1-2-3-4-10-20-11-15(19)18-9-5-6-14(18)13-7-8-16-12-17-13/h7-8,12,14H,2-6,9-11H2,1H3. The van der Waals surface area contributed by atoms with Gasteiger partial charge in [-0.2, -0.15) is 0 Å². The first-order valence-corrected chi connectivity index (χ1v) is 7.46. The van der Waals surface area contributed by atoms with Gasteiger partial charge in [0.25, 0.3) is 0 Å². The first-order valence-electron chi connectivity index (χ1n) is 7.46. The molecule has 1 fully saturated rings. The van der Waals surface area contributed by atoms with Crippen LogP contribution in [-0.2, 0) is 9.53 Å². The highest BCUT2D eigenvalue weighted by atomic mass is 16.5. The third kappa shape index (κ3) is 4.00. The summed E-state index contributed by atoms with van der Waals surface area (Å²) in [5, 5.41) is 0. The van der Waals surface area contributed by atoms with Crippen LogP contribution in [0.3, 0.4) is 0 Å². The maximum Gasteiger partial charge on any atom is 0.249 e. The Morgan fingerprint density at radius 2 is 2.40 bits per heavy atom. The quantitative estimate of drug-likeness (QED) is 0.718. The minimum atomic E-state index is 0.0719. The summed E-state index contributed by atoms with van der Waals surface area (Å²) >= 11 is 0. The average Bonchev–Trinajstić information content (AvgIpc) is 2.97. The van der Waals surface area contributed by atoms with E-state index in [0.29, 0.717) is 6.61 Å². The Labute approximate surface area is 120 Å². The molecule has 0 saturated carbocycles. The van der Waals surface area contributed by atoms with E-state index >= 15 is 0 Å². The van der Waals surface area contributed by atoms with Crippen molar-refractivity contribution < 1.29 is 9.53 Å². The Morgan fingerprint density at radius 3 is 3.15 bits per heavy atom. The van der Waals surface area contributed by atoms with Gasteiger partial charge in [0.05, 0.1) is 11.7 Å². The number of hydrogen-bond acceptors (Lipinski definition) is 4. The summed E-state index contributed by atoms with van der Waals surface area (Å²) in [6.07, 6.45) is 8.61. The molecule has 5 heteroatoms. The Morgan fingerprint density at radius 1 is 1.50 bits per heavy atom. The van der Waals surface area contributed by atoms with E-state index in [-0.39, 0.29) is 18.6 Å². The molecule has 0 aliphatic carbocycles. The first-order chi connectivity index (χ1) is 9.83. The summed E-state index contributed by atoms with van der Waals surface area (Å²) in [7, 11) is 0. The van der Waals surface area contributed by atoms with Gasteiger partial charge in [-0.05, 0) is 25.3 Å². The number of ether oxygens (including phenoxy) is 1. The fourth-order valence-electron chi connectivity index (χ4n) is 2.57. The molecular formula is C15H23N3O2. The number of likely N-dealkylation sites (tertiary alicyclic amines) is 1. The van der Waals surface area contributed by atoms with Gasteiger partial charge in [0.1, 0.15) is 12.9 Å². The van der Waals surface area contributed by atoms with Crippen molar-refractivity contribution in [2.45, 2.75) is 45.1 Å². The van der Waals surface area contributed by atoms with Crippen molar-refractivity contribution in [2.24, 2.45) is 0 Å². The van der Waals surface area contributed by atoms with Gasteiger partial charge in [-0.25, -0.2) is 9.97 Å². The monoisotopic (exact) mass is 277 g/mol. The predicted molar refractivity (Wildman–Crippen MR) is 76.1 cm³/mol. The molecule has 2 heterocycles. The minimum absolute atomic E-state index is 0.0719. The number of aromatic nitrogens is 2. The van der Waals surface area contributed by atoms with E-state index in [1.807, 2.05) is 11.0 Å². The van der Waals surface area contributed by atoms with E-state index < -0.39 is 0 Å². The van der Waals surface area contributed by atoms with E-state index in [1.54, 1.807) is 6.20 Å². The summed E-state index contributed by atoms with van der Waals surface area (Å²) in [6.45, 7) is 3.81. The maximum atomic E-state index is 12.2. The molecule has 20 heavy (non-hydrogen) atoms. The molecule has 1 unspecified atom stereocenters. The highest BCUT2D eigenvalue weighted by molar-refractivity contribution is 5.78. The molecule has 1 amide bonds. The van der Waals surface area contributed by atoms with Gasteiger partial charge < -0.3 is 9.64 Å². The lowest BCUT2D eigenvalue weighted by atomic mass is 10.1. The fourth-order valence-corrected chi connectivity index (χ4v) is 2.57. The van der Waals surface area contributed by atoms with Crippen molar-refractivity contribution in [1.29, 1.82) is 0 Å². The van der Waals surface area contributed by atoms with E-state index in [9.17, 15) is 4.79 Å². The van der Waals surface area contributed by atoms with Crippen LogP contribution < -0.4 is 0 Å². The van der Waals surface area contributed by atoms with Crippen molar-refractivity contribution in [3.8, 4) is 0 Å². The average molecular weight is 277 g/mol. The second-order valence-corrected chi connectivity index (χ2v) is 5.14. The number of nitrogens with zero attached hydrogens (tertiary/aromatic N) is 3. The molecule has 110 valence electrons. The fraction of sp³-hybridized carbons (Fsp3) is 0.667. The minimum Gasteiger partial charge on any atom is -0.372 e. The molecule has 0 N–H and O–H groups in total. The molecule has 0 aromatic carbocycles. The number of amides is 1.